The van der Waals surface area contributed by atoms with Crippen LogP contribution in [0.4, 0.5) is 15.8 Å². The zero-order valence-corrected chi connectivity index (χ0v) is 16.6. The molecule has 1 aliphatic rings. The van der Waals surface area contributed by atoms with E-state index in [1.54, 1.807) is 42.7 Å². The first kappa shape index (κ1) is 19.9. The number of carbonyl (C=O) groups excluding carboxylic acids is 1. The number of piperidine rings is 1. The molecule has 1 aromatic heterocycles. The molecule has 1 fully saturated rings. The molecule has 4 rings (SSSR count). The molecule has 30 heavy (non-hydrogen) atoms. The SMILES string of the molecule is O=C(Nc1cccc(OCc2ccccc2F)c1)C1CCN(c2ccncc2)CC1. The minimum absolute atomic E-state index is 0.0222. The normalized spacial score (nSPS) is 14.4. The highest BCUT2D eigenvalue weighted by molar-refractivity contribution is 5.92. The number of anilines is 2. The van der Waals surface area contributed by atoms with Crippen LogP contribution in [0.1, 0.15) is 18.4 Å². The molecular formula is C24H24FN3O2. The molecular weight excluding hydrogens is 381 g/mol. The number of carbonyl (C=O) groups is 1. The number of ether oxygens (including phenoxy) is 1. The molecule has 3 aromatic rings. The van der Waals surface area contributed by atoms with Crippen molar-refractivity contribution in [2.75, 3.05) is 23.3 Å². The van der Waals surface area contributed by atoms with E-state index in [-0.39, 0.29) is 24.2 Å². The van der Waals surface area contributed by atoms with Crippen molar-refractivity contribution in [3.05, 3.63) is 84.4 Å². The van der Waals surface area contributed by atoms with E-state index in [0.717, 1.165) is 31.6 Å². The Balaban J connectivity index is 1.31. The van der Waals surface area contributed by atoms with E-state index in [2.05, 4.69) is 15.2 Å². The van der Waals surface area contributed by atoms with Gasteiger partial charge in [0.1, 0.15) is 18.2 Å². The highest BCUT2D eigenvalue weighted by atomic mass is 19.1. The Labute approximate surface area is 175 Å². The van der Waals surface area contributed by atoms with Crippen LogP contribution in [0.15, 0.2) is 73.1 Å². The van der Waals surface area contributed by atoms with Crippen LogP contribution >= 0.6 is 0 Å². The van der Waals surface area contributed by atoms with Crippen LogP contribution in [0.3, 0.4) is 0 Å². The third-order valence-electron chi connectivity index (χ3n) is 5.35. The van der Waals surface area contributed by atoms with Gasteiger partial charge < -0.3 is 15.0 Å². The molecule has 0 spiro atoms. The molecule has 1 saturated heterocycles. The van der Waals surface area contributed by atoms with Gasteiger partial charge in [-0.25, -0.2) is 4.39 Å². The Morgan fingerprint density at radius 1 is 1.07 bits per heavy atom. The number of pyridine rings is 1. The number of aromatic nitrogens is 1. The fraction of sp³-hybridized carbons (Fsp3) is 0.250. The number of hydrogen-bond donors (Lipinski definition) is 1. The molecule has 0 bridgehead atoms. The maximum absolute atomic E-state index is 13.7. The summed E-state index contributed by atoms with van der Waals surface area (Å²) in [7, 11) is 0. The number of amides is 1. The number of nitrogens with zero attached hydrogens (tertiary/aromatic N) is 2. The fourth-order valence-electron chi connectivity index (χ4n) is 3.64. The molecule has 2 aromatic carbocycles. The van der Waals surface area contributed by atoms with Crippen LogP contribution in [0, 0.1) is 11.7 Å². The second-order valence-electron chi connectivity index (χ2n) is 7.36. The van der Waals surface area contributed by atoms with Gasteiger partial charge in [-0.15, -0.1) is 0 Å². The summed E-state index contributed by atoms with van der Waals surface area (Å²) < 4.78 is 19.4. The average Bonchev–Trinajstić information content (AvgIpc) is 2.79. The van der Waals surface area contributed by atoms with Gasteiger partial charge in [0.05, 0.1) is 0 Å². The lowest BCUT2D eigenvalue weighted by molar-refractivity contribution is -0.120. The summed E-state index contributed by atoms with van der Waals surface area (Å²) in [6, 6.07) is 17.7. The van der Waals surface area contributed by atoms with Crippen molar-refractivity contribution >= 4 is 17.3 Å². The Hall–Kier alpha value is -3.41. The van der Waals surface area contributed by atoms with Gasteiger partial charge in [-0.2, -0.15) is 0 Å². The van der Waals surface area contributed by atoms with Crippen molar-refractivity contribution in [1.29, 1.82) is 0 Å². The smallest absolute Gasteiger partial charge is 0.227 e. The molecule has 1 amide bonds. The molecule has 5 nitrogen and oxygen atoms in total. The molecule has 0 unspecified atom stereocenters. The summed E-state index contributed by atoms with van der Waals surface area (Å²) in [5, 5.41) is 2.99. The predicted octanol–water partition coefficient (Wildman–Crippen LogP) is 4.65. The van der Waals surface area contributed by atoms with Crippen molar-refractivity contribution in [1.82, 2.24) is 4.98 Å². The molecule has 0 atom stereocenters. The monoisotopic (exact) mass is 405 g/mol. The largest absolute Gasteiger partial charge is 0.489 e. The molecule has 0 radical (unpaired) electrons. The number of halogens is 1. The zero-order chi connectivity index (χ0) is 20.8. The predicted molar refractivity (Wildman–Crippen MR) is 115 cm³/mol. The van der Waals surface area contributed by atoms with Crippen molar-refractivity contribution in [2.45, 2.75) is 19.4 Å². The van der Waals surface area contributed by atoms with Crippen LogP contribution in [0.5, 0.6) is 5.75 Å². The van der Waals surface area contributed by atoms with Gasteiger partial charge in [-0.05, 0) is 43.2 Å². The van der Waals surface area contributed by atoms with Crippen molar-refractivity contribution in [3.63, 3.8) is 0 Å². The topological polar surface area (TPSA) is 54.5 Å². The summed E-state index contributed by atoms with van der Waals surface area (Å²) in [5.74, 6) is 0.297. The maximum Gasteiger partial charge on any atom is 0.227 e. The molecule has 6 heteroatoms. The third-order valence-corrected chi connectivity index (χ3v) is 5.35. The first-order valence-corrected chi connectivity index (χ1v) is 10.1. The van der Waals surface area contributed by atoms with Crippen LogP contribution in [0.2, 0.25) is 0 Å². The van der Waals surface area contributed by atoms with Gasteiger partial charge in [0.25, 0.3) is 0 Å². The van der Waals surface area contributed by atoms with Crippen molar-refractivity contribution < 1.29 is 13.9 Å². The molecule has 1 N–H and O–H groups in total. The highest BCUT2D eigenvalue weighted by Crippen LogP contribution is 2.25. The van der Waals surface area contributed by atoms with E-state index >= 15 is 0 Å². The van der Waals surface area contributed by atoms with E-state index in [9.17, 15) is 9.18 Å². The van der Waals surface area contributed by atoms with Crippen LogP contribution in [-0.2, 0) is 11.4 Å². The minimum atomic E-state index is -0.292. The average molecular weight is 405 g/mol. The second kappa shape index (κ2) is 9.39. The lowest BCUT2D eigenvalue weighted by Crippen LogP contribution is -2.38. The summed E-state index contributed by atoms with van der Waals surface area (Å²) in [5.41, 5.74) is 2.32. The molecule has 1 aliphatic heterocycles. The summed E-state index contributed by atoms with van der Waals surface area (Å²) in [4.78, 5) is 19.0. The Morgan fingerprint density at radius 2 is 1.83 bits per heavy atom. The Kier molecular flexibility index (Phi) is 6.23. The van der Waals surface area contributed by atoms with E-state index in [1.165, 1.54) is 6.07 Å². The van der Waals surface area contributed by atoms with Gasteiger partial charge >= 0.3 is 0 Å². The quantitative estimate of drug-likeness (QED) is 0.648. The van der Waals surface area contributed by atoms with E-state index < -0.39 is 0 Å². The summed E-state index contributed by atoms with van der Waals surface area (Å²) in [6.45, 7) is 1.82. The molecule has 2 heterocycles. The first-order chi connectivity index (χ1) is 14.7. The van der Waals surface area contributed by atoms with E-state index in [4.69, 9.17) is 4.74 Å². The van der Waals surface area contributed by atoms with Crippen LogP contribution in [-0.4, -0.2) is 24.0 Å². The van der Waals surface area contributed by atoms with Crippen molar-refractivity contribution in [3.8, 4) is 5.75 Å². The standard InChI is InChI=1S/C24H24FN3O2/c25-23-7-2-1-4-19(23)17-30-22-6-3-5-20(16-22)27-24(29)18-10-14-28(15-11-18)21-8-12-26-13-9-21/h1-9,12-13,16,18H,10-11,14-15,17H2,(H,27,29). The van der Waals surface area contributed by atoms with Crippen LogP contribution < -0.4 is 15.0 Å². The second-order valence-corrected chi connectivity index (χ2v) is 7.36. The van der Waals surface area contributed by atoms with Gasteiger partial charge in [0.2, 0.25) is 5.91 Å². The number of rotatable bonds is 6. The molecule has 0 aliphatic carbocycles. The Bertz CT molecular complexity index is 989. The zero-order valence-electron chi connectivity index (χ0n) is 16.6. The maximum atomic E-state index is 13.7. The van der Waals surface area contributed by atoms with Gasteiger partial charge in [0.15, 0.2) is 0 Å². The number of nitrogens with one attached hydrogen (secondary N) is 1. The lowest BCUT2D eigenvalue weighted by Gasteiger charge is -2.32. The fourth-order valence-corrected chi connectivity index (χ4v) is 3.64. The van der Waals surface area contributed by atoms with E-state index in [0.29, 0.717) is 17.0 Å². The van der Waals surface area contributed by atoms with Gasteiger partial charge in [-0.1, -0.05) is 24.3 Å². The summed E-state index contributed by atoms with van der Waals surface area (Å²) >= 11 is 0. The third kappa shape index (κ3) is 4.95. The van der Waals surface area contributed by atoms with Gasteiger partial charge in [-0.3, -0.25) is 9.78 Å². The summed E-state index contributed by atoms with van der Waals surface area (Å²) in [6.07, 6.45) is 5.18. The number of hydrogen-bond acceptors (Lipinski definition) is 4. The molecule has 154 valence electrons. The van der Waals surface area contributed by atoms with Gasteiger partial charge in [0, 0.05) is 54.4 Å². The lowest BCUT2D eigenvalue weighted by atomic mass is 9.95. The minimum Gasteiger partial charge on any atom is -0.489 e. The highest BCUT2D eigenvalue weighted by Gasteiger charge is 2.25. The Morgan fingerprint density at radius 3 is 2.60 bits per heavy atom. The molecule has 0 saturated carbocycles. The van der Waals surface area contributed by atoms with E-state index in [1.807, 2.05) is 24.3 Å². The van der Waals surface area contributed by atoms with Crippen molar-refractivity contribution in [2.24, 2.45) is 5.92 Å². The van der Waals surface area contributed by atoms with Crippen LogP contribution in [0.25, 0.3) is 0 Å². The number of benzene rings is 2. The first-order valence-electron chi connectivity index (χ1n) is 10.1.